The molecule has 0 aromatic heterocycles. The average Bonchev–Trinajstić information content (AvgIpc) is 2.32. The number of halogens is 1. The zero-order chi connectivity index (χ0) is 12.7. The Morgan fingerprint density at radius 1 is 1.35 bits per heavy atom. The maximum Gasteiger partial charge on any atom is 0.131 e. The van der Waals surface area contributed by atoms with Gasteiger partial charge in [-0.15, -0.1) is 6.58 Å². The first kappa shape index (κ1) is 13.9. The molecule has 0 radical (unpaired) electrons. The molecule has 0 spiro atoms. The van der Waals surface area contributed by atoms with Crippen LogP contribution in [0.15, 0.2) is 30.9 Å². The van der Waals surface area contributed by atoms with Gasteiger partial charge in [-0.1, -0.05) is 37.1 Å². The van der Waals surface area contributed by atoms with Crippen LogP contribution in [0.3, 0.4) is 0 Å². The third kappa shape index (κ3) is 4.31. The lowest BCUT2D eigenvalue weighted by atomic mass is 10.0. The molecule has 1 N–H and O–H groups in total. The lowest BCUT2D eigenvalue weighted by Crippen LogP contribution is -2.02. The van der Waals surface area contributed by atoms with Crippen LogP contribution in [-0.2, 0) is 0 Å². The van der Waals surface area contributed by atoms with Gasteiger partial charge in [-0.2, -0.15) is 0 Å². The SMILES string of the molecule is C=CCCCCCC(O)c1cccc(C)c1F. The number of aliphatic hydroxyl groups is 1. The zero-order valence-electron chi connectivity index (χ0n) is 10.5. The Morgan fingerprint density at radius 2 is 2.12 bits per heavy atom. The van der Waals surface area contributed by atoms with E-state index < -0.39 is 6.10 Å². The lowest BCUT2D eigenvalue weighted by molar-refractivity contribution is 0.159. The van der Waals surface area contributed by atoms with E-state index in [2.05, 4.69) is 6.58 Å². The molecule has 1 nitrogen and oxygen atoms in total. The van der Waals surface area contributed by atoms with Crippen molar-refractivity contribution in [1.29, 1.82) is 0 Å². The summed E-state index contributed by atoms with van der Waals surface area (Å²) in [5.74, 6) is -0.272. The van der Waals surface area contributed by atoms with Crippen molar-refractivity contribution in [2.24, 2.45) is 0 Å². The van der Waals surface area contributed by atoms with Crippen LogP contribution in [0.2, 0.25) is 0 Å². The predicted molar refractivity (Wildman–Crippen MR) is 69.4 cm³/mol. The summed E-state index contributed by atoms with van der Waals surface area (Å²) in [5, 5.41) is 9.92. The summed E-state index contributed by atoms with van der Waals surface area (Å²) in [4.78, 5) is 0. The third-order valence-electron chi connectivity index (χ3n) is 2.97. The van der Waals surface area contributed by atoms with Gasteiger partial charge in [0.2, 0.25) is 0 Å². The molecule has 1 unspecified atom stereocenters. The van der Waals surface area contributed by atoms with E-state index in [1.807, 2.05) is 6.08 Å². The van der Waals surface area contributed by atoms with Gasteiger partial charge >= 0.3 is 0 Å². The molecule has 0 heterocycles. The minimum Gasteiger partial charge on any atom is -0.388 e. The van der Waals surface area contributed by atoms with Crippen LogP contribution in [0.1, 0.15) is 49.3 Å². The van der Waals surface area contributed by atoms with Gasteiger partial charge in [0, 0.05) is 5.56 Å². The second kappa shape index (κ2) is 7.23. The number of hydrogen-bond acceptors (Lipinski definition) is 1. The molecular formula is C15H21FO. The molecule has 1 aromatic carbocycles. The van der Waals surface area contributed by atoms with Crippen molar-refractivity contribution in [2.45, 2.75) is 45.1 Å². The molecule has 0 fully saturated rings. The molecular weight excluding hydrogens is 215 g/mol. The van der Waals surface area contributed by atoms with Gasteiger partial charge in [-0.05, 0) is 31.7 Å². The van der Waals surface area contributed by atoms with Crippen molar-refractivity contribution >= 4 is 0 Å². The number of unbranched alkanes of at least 4 members (excludes halogenated alkanes) is 3. The molecule has 1 atom stereocenters. The number of hydrogen-bond donors (Lipinski definition) is 1. The molecule has 0 saturated heterocycles. The number of aryl methyl sites for hydroxylation is 1. The summed E-state index contributed by atoms with van der Waals surface area (Å²) in [5.41, 5.74) is 1.02. The second-order valence-corrected chi connectivity index (χ2v) is 4.42. The molecule has 0 saturated carbocycles. The molecule has 0 aliphatic heterocycles. The minimum absolute atomic E-state index is 0.272. The van der Waals surface area contributed by atoms with E-state index in [-0.39, 0.29) is 5.82 Å². The standard InChI is InChI=1S/C15H21FO/c1-3-4-5-6-7-11-14(17)13-10-8-9-12(2)15(13)16/h3,8-10,14,17H,1,4-7,11H2,2H3. The third-order valence-corrected chi connectivity index (χ3v) is 2.97. The Bertz CT molecular complexity index is 360. The number of aliphatic hydroxyl groups excluding tert-OH is 1. The number of allylic oxidation sites excluding steroid dienone is 1. The van der Waals surface area contributed by atoms with Crippen LogP contribution in [0.4, 0.5) is 4.39 Å². The van der Waals surface area contributed by atoms with Crippen LogP contribution in [0.5, 0.6) is 0 Å². The first-order valence-corrected chi connectivity index (χ1v) is 6.20. The van der Waals surface area contributed by atoms with Gasteiger partial charge in [0.25, 0.3) is 0 Å². The van der Waals surface area contributed by atoms with Crippen LogP contribution >= 0.6 is 0 Å². The molecule has 0 amide bonds. The van der Waals surface area contributed by atoms with E-state index >= 15 is 0 Å². The first-order valence-electron chi connectivity index (χ1n) is 6.20. The lowest BCUT2D eigenvalue weighted by Gasteiger charge is -2.12. The van der Waals surface area contributed by atoms with E-state index in [4.69, 9.17) is 0 Å². The molecule has 1 rings (SSSR count). The fraction of sp³-hybridized carbons (Fsp3) is 0.467. The molecule has 2 heteroatoms. The average molecular weight is 236 g/mol. The molecule has 0 aliphatic rings. The van der Waals surface area contributed by atoms with Crippen molar-refractivity contribution in [2.75, 3.05) is 0 Å². The Hall–Kier alpha value is -1.15. The summed E-state index contributed by atoms with van der Waals surface area (Å²) in [7, 11) is 0. The largest absolute Gasteiger partial charge is 0.388 e. The van der Waals surface area contributed by atoms with E-state index in [0.29, 0.717) is 17.5 Å². The highest BCUT2D eigenvalue weighted by Crippen LogP contribution is 2.24. The summed E-state index contributed by atoms with van der Waals surface area (Å²) in [6.07, 6.45) is 5.91. The van der Waals surface area contributed by atoms with E-state index in [1.165, 1.54) is 0 Å². The smallest absolute Gasteiger partial charge is 0.131 e. The van der Waals surface area contributed by atoms with Crippen LogP contribution < -0.4 is 0 Å². The summed E-state index contributed by atoms with van der Waals surface area (Å²) < 4.78 is 13.7. The van der Waals surface area contributed by atoms with Crippen LogP contribution in [-0.4, -0.2) is 5.11 Å². The summed E-state index contributed by atoms with van der Waals surface area (Å²) >= 11 is 0. The molecule has 17 heavy (non-hydrogen) atoms. The minimum atomic E-state index is -0.682. The fourth-order valence-electron chi connectivity index (χ4n) is 1.89. The van der Waals surface area contributed by atoms with E-state index in [9.17, 15) is 9.50 Å². The number of benzene rings is 1. The monoisotopic (exact) mass is 236 g/mol. The predicted octanol–water partition coefficient (Wildman–Crippen LogP) is 4.30. The summed E-state index contributed by atoms with van der Waals surface area (Å²) in [6.45, 7) is 5.38. The molecule has 0 bridgehead atoms. The Labute approximate surface area is 103 Å². The molecule has 94 valence electrons. The maximum absolute atomic E-state index is 13.7. The normalized spacial score (nSPS) is 12.4. The quantitative estimate of drug-likeness (QED) is 0.552. The topological polar surface area (TPSA) is 20.2 Å². The highest BCUT2D eigenvalue weighted by molar-refractivity contribution is 5.26. The highest BCUT2D eigenvalue weighted by atomic mass is 19.1. The van der Waals surface area contributed by atoms with E-state index in [0.717, 1.165) is 25.7 Å². The molecule has 0 aliphatic carbocycles. The second-order valence-electron chi connectivity index (χ2n) is 4.42. The molecule has 1 aromatic rings. The van der Waals surface area contributed by atoms with Crippen molar-refractivity contribution in [3.63, 3.8) is 0 Å². The van der Waals surface area contributed by atoms with Gasteiger partial charge in [0.15, 0.2) is 0 Å². The zero-order valence-corrected chi connectivity index (χ0v) is 10.5. The maximum atomic E-state index is 13.7. The van der Waals surface area contributed by atoms with Crippen molar-refractivity contribution in [1.82, 2.24) is 0 Å². The van der Waals surface area contributed by atoms with Crippen molar-refractivity contribution in [3.8, 4) is 0 Å². The van der Waals surface area contributed by atoms with Crippen LogP contribution in [0, 0.1) is 12.7 Å². The van der Waals surface area contributed by atoms with Gasteiger partial charge in [0.1, 0.15) is 5.82 Å². The Kier molecular flexibility index (Phi) is 5.92. The Morgan fingerprint density at radius 3 is 2.82 bits per heavy atom. The van der Waals surface area contributed by atoms with Crippen molar-refractivity contribution < 1.29 is 9.50 Å². The fourth-order valence-corrected chi connectivity index (χ4v) is 1.89. The highest BCUT2D eigenvalue weighted by Gasteiger charge is 2.13. The summed E-state index contributed by atoms with van der Waals surface area (Å²) in [6, 6.07) is 5.17. The van der Waals surface area contributed by atoms with Crippen molar-refractivity contribution in [3.05, 3.63) is 47.8 Å². The van der Waals surface area contributed by atoms with Gasteiger partial charge in [-0.3, -0.25) is 0 Å². The van der Waals surface area contributed by atoms with Gasteiger partial charge in [-0.25, -0.2) is 4.39 Å². The van der Waals surface area contributed by atoms with Gasteiger partial charge < -0.3 is 5.11 Å². The van der Waals surface area contributed by atoms with E-state index in [1.54, 1.807) is 25.1 Å². The van der Waals surface area contributed by atoms with Gasteiger partial charge in [0.05, 0.1) is 6.10 Å². The Balaban J connectivity index is 2.44. The first-order chi connectivity index (χ1) is 8.16. The number of rotatable bonds is 7. The van der Waals surface area contributed by atoms with Crippen LogP contribution in [0.25, 0.3) is 0 Å².